The van der Waals surface area contributed by atoms with Gasteiger partial charge >= 0.3 is 0 Å². The molecular formula is C34H35ClN4O7S. The number of ether oxygens (including phenoxy) is 1. The second-order valence-electron chi connectivity index (χ2n) is 10.6. The van der Waals surface area contributed by atoms with Gasteiger partial charge in [0.15, 0.2) is 0 Å². The van der Waals surface area contributed by atoms with Crippen LogP contribution in [-0.2, 0) is 32.6 Å². The van der Waals surface area contributed by atoms with Crippen LogP contribution >= 0.6 is 11.6 Å². The van der Waals surface area contributed by atoms with E-state index in [-0.39, 0.29) is 34.8 Å². The third-order valence-corrected chi connectivity index (χ3v) is 9.66. The van der Waals surface area contributed by atoms with E-state index in [9.17, 15) is 28.1 Å². The lowest BCUT2D eigenvalue weighted by atomic mass is 10.0. The van der Waals surface area contributed by atoms with Gasteiger partial charge in [-0.1, -0.05) is 66.2 Å². The molecule has 4 aromatic rings. The first kappa shape index (κ1) is 34.9. The third-order valence-electron chi connectivity index (χ3n) is 7.53. The van der Waals surface area contributed by atoms with Gasteiger partial charge in [0.2, 0.25) is 11.8 Å². The van der Waals surface area contributed by atoms with Crippen molar-refractivity contribution in [3.8, 4) is 5.75 Å². The smallest absolute Gasteiger partial charge is 0.273 e. The molecule has 0 aliphatic carbocycles. The number of nitro benzene ring substituents is 1. The van der Waals surface area contributed by atoms with Crippen LogP contribution in [0.1, 0.15) is 23.6 Å². The zero-order chi connectivity index (χ0) is 34.1. The summed E-state index contributed by atoms with van der Waals surface area (Å²) in [7, 11) is -3.10. The van der Waals surface area contributed by atoms with Crippen molar-refractivity contribution >= 4 is 44.8 Å². The largest absolute Gasteiger partial charge is 0.497 e. The Hall–Kier alpha value is -4.94. The zero-order valence-electron chi connectivity index (χ0n) is 26.1. The number of nitro groups is 1. The van der Waals surface area contributed by atoms with Gasteiger partial charge < -0.3 is 15.0 Å². The van der Waals surface area contributed by atoms with Gasteiger partial charge in [0.25, 0.3) is 15.7 Å². The number of carbonyl (C=O) groups is 2. The molecule has 1 N–H and O–H groups in total. The number of amides is 2. The minimum atomic E-state index is -4.56. The van der Waals surface area contributed by atoms with Crippen LogP contribution in [0, 0.1) is 17.0 Å². The molecule has 0 bridgehead atoms. The number of aryl methyl sites for hydroxylation is 1. The molecule has 13 heteroatoms. The summed E-state index contributed by atoms with van der Waals surface area (Å²) >= 11 is 6.50. The van der Waals surface area contributed by atoms with E-state index >= 15 is 0 Å². The maximum absolute atomic E-state index is 14.5. The summed E-state index contributed by atoms with van der Waals surface area (Å²) in [5.74, 6) is -0.675. The predicted molar refractivity (Wildman–Crippen MR) is 180 cm³/mol. The highest BCUT2D eigenvalue weighted by molar-refractivity contribution is 7.92. The van der Waals surface area contributed by atoms with Gasteiger partial charge in [-0.2, -0.15) is 0 Å². The average Bonchev–Trinajstić information content (AvgIpc) is 3.06. The molecule has 47 heavy (non-hydrogen) atoms. The fraction of sp³-hybridized carbons (Fsp3) is 0.235. The van der Waals surface area contributed by atoms with Gasteiger partial charge in [-0.15, -0.1) is 0 Å². The lowest BCUT2D eigenvalue weighted by Crippen LogP contribution is -2.53. The Morgan fingerprint density at radius 2 is 1.64 bits per heavy atom. The first-order valence-electron chi connectivity index (χ1n) is 14.7. The van der Waals surface area contributed by atoms with Crippen molar-refractivity contribution in [3.05, 3.63) is 129 Å². The van der Waals surface area contributed by atoms with Crippen molar-refractivity contribution < 1.29 is 27.7 Å². The Morgan fingerprint density at radius 3 is 2.26 bits per heavy atom. The van der Waals surface area contributed by atoms with Gasteiger partial charge in [-0.05, 0) is 61.4 Å². The summed E-state index contributed by atoms with van der Waals surface area (Å²) in [5, 5.41) is 14.9. The molecule has 11 nitrogen and oxygen atoms in total. The lowest BCUT2D eigenvalue weighted by molar-refractivity contribution is -0.385. The number of nitrogens with one attached hydrogen (secondary N) is 1. The predicted octanol–water partition coefficient (Wildman–Crippen LogP) is 5.54. The second-order valence-corrected chi connectivity index (χ2v) is 12.9. The highest BCUT2D eigenvalue weighted by Gasteiger charge is 2.35. The van der Waals surface area contributed by atoms with Crippen LogP contribution in [0.4, 0.5) is 11.4 Å². The molecule has 0 aromatic heterocycles. The number of anilines is 1. The maximum atomic E-state index is 14.5. The first-order chi connectivity index (χ1) is 22.5. The number of halogens is 1. The van der Waals surface area contributed by atoms with Gasteiger partial charge in [0.05, 0.1) is 22.6 Å². The van der Waals surface area contributed by atoms with Crippen molar-refractivity contribution in [3.63, 3.8) is 0 Å². The molecule has 0 saturated heterocycles. The van der Waals surface area contributed by atoms with Crippen molar-refractivity contribution in [2.75, 3.05) is 24.5 Å². The molecule has 1 atom stereocenters. The van der Waals surface area contributed by atoms with Gasteiger partial charge in [-0.3, -0.25) is 24.0 Å². The zero-order valence-corrected chi connectivity index (χ0v) is 27.7. The van der Waals surface area contributed by atoms with E-state index in [4.69, 9.17) is 16.3 Å². The quantitative estimate of drug-likeness (QED) is 0.137. The Balaban J connectivity index is 1.84. The van der Waals surface area contributed by atoms with Crippen LogP contribution in [-0.4, -0.2) is 56.3 Å². The lowest BCUT2D eigenvalue weighted by Gasteiger charge is -2.34. The molecule has 4 rings (SSSR count). The molecule has 4 aromatic carbocycles. The van der Waals surface area contributed by atoms with Crippen LogP contribution < -0.4 is 14.4 Å². The van der Waals surface area contributed by atoms with E-state index in [2.05, 4.69) is 5.32 Å². The van der Waals surface area contributed by atoms with Crippen LogP contribution in [0.15, 0.2) is 102 Å². The molecule has 0 fully saturated rings. The van der Waals surface area contributed by atoms with Crippen LogP contribution in [0.5, 0.6) is 5.75 Å². The first-order valence-corrected chi connectivity index (χ1v) is 16.5. The summed E-state index contributed by atoms with van der Waals surface area (Å²) in [5.41, 5.74) is 1.34. The van der Waals surface area contributed by atoms with Crippen molar-refractivity contribution in [1.82, 2.24) is 10.2 Å². The molecular weight excluding hydrogens is 644 g/mol. The van der Waals surface area contributed by atoms with E-state index < -0.39 is 39.3 Å². The Kier molecular flexibility index (Phi) is 11.6. The minimum absolute atomic E-state index is 0.0976. The highest BCUT2D eigenvalue weighted by Crippen LogP contribution is 2.30. The van der Waals surface area contributed by atoms with Gasteiger partial charge in [-0.25, -0.2) is 8.42 Å². The summed E-state index contributed by atoms with van der Waals surface area (Å²) in [4.78, 5) is 40.1. The van der Waals surface area contributed by atoms with Gasteiger partial charge in [0, 0.05) is 36.2 Å². The second kappa shape index (κ2) is 15.6. The maximum Gasteiger partial charge on any atom is 0.273 e. The van der Waals surface area contributed by atoms with E-state index in [1.54, 1.807) is 31.2 Å². The Bertz CT molecular complexity index is 1840. The summed E-state index contributed by atoms with van der Waals surface area (Å²) in [6, 6.07) is 24.6. The molecule has 0 saturated carbocycles. The summed E-state index contributed by atoms with van der Waals surface area (Å²) in [6.07, 6.45) is 0.141. The van der Waals surface area contributed by atoms with Crippen molar-refractivity contribution in [2.24, 2.45) is 0 Å². The average molecular weight is 679 g/mol. The number of carbonyl (C=O) groups excluding carboxylic acids is 2. The molecule has 0 unspecified atom stereocenters. The highest BCUT2D eigenvalue weighted by atomic mass is 35.5. The number of methoxy groups -OCH3 is 1. The number of nitrogens with zero attached hydrogens (tertiary/aromatic N) is 3. The molecule has 2 amide bonds. The molecule has 0 aliphatic rings. The fourth-order valence-corrected chi connectivity index (χ4v) is 6.64. The topological polar surface area (TPSA) is 139 Å². The van der Waals surface area contributed by atoms with Crippen molar-refractivity contribution in [2.45, 2.75) is 37.8 Å². The molecule has 0 radical (unpaired) electrons. The molecule has 0 heterocycles. The number of hydrogen-bond donors (Lipinski definition) is 1. The normalized spacial score (nSPS) is 11.7. The van der Waals surface area contributed by atoms with E-state index in [1.807, 2.05) is 30.3 Å². The van der Waals surface area contributed by atoms with Crippen molar-refractivity contribution in [1.29, 1.82) is 0 Å². The SMILES string of the molecule is CCNC(=O)[C@H](Cc1ccccc1)N(Cc1ccccc1Cl)C(=O)CN(c1ccc(OC)cc1)S(=O)(=O)c1ccc(C)c([N+](=O)[O-])c1. The van der Waals surface area contributed by atoms with Crippen LogP contribution in [0.2, 0.25) is 5.02 Å². The molecule has 0 aliphatic heterocycles. The minimum Gasteiger partial charge on any atom is -0.497 e. The monoisotopic (exact) mass is 678 g/mol. The Morgan fingerprint density at radius 1 is 0.979 bits per heavy atom. The van der Waals surface area contributed by atoms with E-state index in [0.29, 0.717) is 22.9 Å². The van der Waals surface area contributed by atoms with Crippen LogP contribution in [0.25, 0.3) is 0 Å². The van der Waals surface area contributed by atoms with E-state index in [1.165, 1.54) is 55.3 Å². The number of hydrogen-bond acceptors (Lipinski definition) is 7. The number of benzene rings is 4. The Labute approximate surface area is 278 Å². The summed E-state index contributed by atoms with van der Waals surface area (Å²) < 4.78 is 34.6. The fourth-order valence-electron chi connectivity index (χ4n) is 5.01. The number of likely N-dealkylation sites (N-methyl/N-ethyl adjacent to an activating group) is 1. The molecule has 0 spiro atoms. The number of rotatable bonds is 14. The standard InChI is InChI=1S/C34H35ClN4O7S/c1-4-36-34(41)32(20-25-10-6-5-7-11-25)37(22-26-12-8-9-13-30(26)35)33(40)23-38(27-15-17-28(46-3)18-16-27)47(44,45)29-19-14-24(2)31(21-29)39(42)43/h5-19,21,32H,4,20,22-23H2,1-3H3,(H,36,41)/t32-/m0/s1. The van der Waals surface area contributed by atoms with E-state index in [0.717, 1.165) is 15.9 Å². The van der Waals surface area contributed by atoms with Gasteiger partial charge in [0.1, 0.15) is 18.3 Å². The summed E-state index contributed by atoms with van der Waals surface area (Å²) in [6.45, 7) is 2.73. The van der Waals surface area contributed by atoms with Crippen LogP contribution in [0.3, 0.4) is 0 Å². The molecule has 246 valence electrons. The third kappa shape index (κ3) is 8.46. The number of sulfonamides is 1.